The van der Waals surface area contributed by atoms with Gasteiger partial charge in [0.25, 0.3) is 0 Å². The topological polar surface area (TPSA) is 12.0 Å². The summed E-state index contributed by atoms with van der Waals surface area (Å²) in [6, 6.07) is 7.38. The maximum absolute atomic E-state index is 3.59. The van der Waals surface area contributed by atoms with Gasteiger partial charge in [0, 0.05) is 10.5 Å². The average Bonchev–Trinajstić information content (AvgIpc) is 2.17. The van der Waals surface area contributed by atoms with E-state index in [-0.39, 0.29) is 0 Å². The molecule has 1 saturated heterocycles. The minimum Gasteiger partial charge on any atom is -0.314 e. The van der Waals surface area contributed by atoms with E-state index >= 15 is 0 Å². The van der Waals surface area contributed by atoms with Crippen molar-refractivity contribution in [2.45, 2.75) is 38.6 Å². The van der Waals surface area contributed by atoms with Crippen LogP contribution < -0.4 is 5.32 Å². The summed E-state index contributed by atoms with van der Waals surface area (Å²) >= 11 is 3.56. The molecule has 1 aromatic rings. The first-order valence-corrected chi connectivity index (χ1v) is 6.53. The van der Waals surface area contributed by atoms with E-state index < -0.39 is 0 Å². The summed E-state index contributed by atoms with van der Waals surface area (Å²) in [6.45, 7) is 3.35. The van der Waals surface area contributed by atoms with Gasteiger partial charge >= 0.3 is 0 Å². The van der Waals surface area contributed by atoms with Crippen LogP contribution in [0.1, 0.15) is 30.4 Å². The summed E-state index contributed by atoms with van der Waals surface area (Å²) < 4.78 is 1.20. The SMILES string of the molecule is Cc1cc(Br)cc(CC2CCCCN2)c1. The van der Waals surface area contributed by atoms with Gasteiger partial charge in [-0.25, -0.2) is 0 Å². The first-order valence-electron chi connectivity index (χ1n) is 5.73. The molecule has 1 nitrogen and oxygen atoms in total. The highest BCUT2D eigenvalue weighted by molar-refractivity contribution is 9.10. The first-order chi connectivity index (χ1) is 7.24. The van der Waals surface area contributed by atoms with E-state index in [1.54, 1.807) is 0 Å². The van der Waals surface area contributed by atoms with Crippen molar-refractivity contribution in [3.63, 3.8) is 0 Å². The zero-order chi connectivity index (χ0) is 10.7. The van der Waals surface area contributed by atoms with E-state index in [9.17, 15) is 0 Å². The van der Waals surface area contributed by atoms with E-state index in [0.29, 0.717) is 6.04 Å². The third-order valence-electron chi connectivity index (χ3n) is 3.00. The standard InChI is InChI=1S/C13H18BrN/c1-10-6-11(8-12(14)7-10)9-13-4-2-3-5-15-13/h6-8,13,15H,2-5,9H2,1H3. The smallest absolute Gasteiger partial charge is 0.0180 e. The summed E-state index contributed by atoms with van der Waals surface area (Å²) in [7, 11) is 0. The highest BCUT2D eigenvalue weighted by Crippen LogP contribution is 2.18. The molecule has 82 valence electrons. The number of piperidine rings is 1. The van der Waals surface area contributed by atoms with Crippen LogP contribution in [0.4, 0.5) is 0 Å². The third kappa shape index (κ3) is 3.32. The second kappa shape index (κ2) is 5.13. The Bertz CT molecular complexity index is 309. The van der Waals surface area contributed by atoms with Crippen molar-refractivity contribution in [3.8, 4) is 0 Å². The van der Waals surface area contributed by atoms with Gasteiger partial charge in [-0.15, -0.1) is 0 Å². The molecule has 0 radical (unpaired) electrons. The zero-order valence-corrected chi connectivity index (χ0v) is 10.8. The fraction of sp³-hybridized carbons (Fsp3) is 0.538. The Morgan fingerprint density at radius 3 is 2.87 bits per heavy atom. The largest absolute Gasteiger partial charge is 0.314 e. The van der Waals surface area contributed by atoms with Crippen molar-refractivity contribution in [2.75, 3.05) is 6.54 Å². The summed E-state index contributed by atoms with van der Waals surface area (Å²) in [5.41, 5.74) is 2.79. The lowest BCUT2D eigenvalue weighted by Gasteiger charge is -2.23. The lowest BCUT2D eigenvalue weighted by Crippen LogP contribution is -2.35. The lowest BCUT2D eigenvalue weighted by atomic mass is 9.97. The summed E-state index contributed by atoms with van der Waals surface area (Å²) in [5.74, 6) is 0. The Morgan fingerprint density at radius 1 is 1.33 bits per heavy atom. The average molecular weight is 268 g/mol. The number of rotatable bonds is 2. The second-order valence-electron chi connectivity index (χ2n) is 4.49. The van der Waals surface area contributed by atoms with Gasteiger partial charge in [-0.1, -0.05) is 28.4 Å². The van der Waals surface area contributed by atoms with Crippen LogP contribution in [0.25, 0.3) is 0 Å². The molecule has 0 aliphatic carbocycles. The van der Waals surface area contributed by atoms with Crippen molar-refractivity contribution in [1.29, 1.82) is 0 Å². The predicted molar refractivity (Wildman–Crippen MR) is 68.2 cm³/mol. The van der Waals surface area contributed by atoms with Crippen LogP contribution in [0.2, 0.25) is 0 Å². The molecule has 1 N–H and O–H groups in total. The molecule has 0 bridgehead atoms. The van der Waals surface area contributed by atoms with Gasteiger partial charge in [-0.3, -0.25) is 0 Å². The van der Waals surface area contributed by atoms with Gasteiger partial charge in [0.05, 0.1) is 0 Å². The van der Waals surface area contributed by atoms with Crippen LogP contribution in [0.5, 0.6) is 0 Å². The van der Waals surface area contributed by atoms with Crippen molar-refractivity contribution < 1.29 is 0 Å². The highest BCUT2D eigenvalue weighted by Gasteiger charge is 2.13. The fourth-order valence-corrected chi connectivity index (χ4v) is 2.97. The molecule has 0 amide bonds. The molecule has 0 aromatic heterocycles. The van der Waals surface area contributed by atoms with Crippen LogP contribution in [0.3, 0.4) is 0 Å². The van der Waals surface area contributed by atoms with E-state index in [1.807, 2.05) is 0 Å². The highest BCUT2D eigenvalue weighted by atomic mass is 79.9. The van der Waals surface area contributed by atoms with E-state index in [0.717, 1.165) is 0 Å². The maximum atomic E-state index is 3.59. The number of benzene rings is 1. The Hall–Kier alpha value is -0.340. The molecule has 1 aliphatic rings. The monoisotopic (exact) mass is 267 g/mol. The van der Waals surface area contributed by atoms with Crippen LogP contribution >= 0.6 is 15.9 Å². The minimum atomic E-state index is 0.687. The quantitative estimate of drug-likeness (QED) is 0.866. The Balaban J connectivity index is 2.02. The van der Waals surface area contributed by atoms with Crippen LogP contribution in [0.15, 0.2) is 22.7 Å². The minimum absolute atomic E-state index is 0.687. The Morgan fingerprint density at radius 2 is 2.20 bits per heavy atom. The van der Waals surface area contributed by atoms with Gasteiger partial charge in [0.2, 0.25) is 0 Å². The number of halogens is 1. The third-order valence-corrected chi connectivity index (χ3v) is 3.45. The lowest BCUT2D eigenvalue weighted by molar-refractivity contribution is 0.399. The molecular weight excluding hydrogens is 250 g/mol. The predicted octanol–water partition coefficient (Wildman–Crippen LogP) is 3.44. The molecular formula is C13H18BrN. The fourth-order valence-electron chi connectivity index (χ4n) is 2.31. The summed E-state index contributed by atoms with van der Waals surface area (Å²) in [6.07, 6.45) is 5.21. The molecule has 1 heterocycles. The number of aryl methyl sites for hydroxylation is 1. The van der Waals surface area contributed by atoms with Crippen molar-refractivity contribution in [2.24, 2.45) is 0 Å². The van der Waals surface area contributed by atoms with Gasteiger partial charge < -0.3 is 5.32 Å². The molecule has 15 heavy (non-hydrogen) atoms. The molecule has 0 saturated carbocycles. The van der Waals surface area contributed by atoms with Crippen molar-refractivity contribution >= 4 is 15.9 Å². The van der Waals surface area contributed by atoms with Gasteiger partial charge in [-0.05, 0) is 56.0 Å². The van der Waals surface area contributed by atoms with Crippen LogP contribution in [0, 0.1) is 6.92 Å². The molecule has 0 spiro atoms. The van der Waals surface area contributed by atoms with Crippen molar-refractivity contribution in [1.82, 2.24) is 5.32 Å². The summed E-state index contributed by atoms with van der Waals surface area (Å²) in [5, 5.41) is 3.59. The number of nitrogens with one attached hydrogen (secondary N) is 1. The molecule has 1 aromatic carbocycles. The second-order valence-corrected chi connectivity index (χ2v) is 5.40. The van der Waals surface area contributed by atoms with Gasteiger partial charge in [0.1, 0.15) is 0 Å². The molecule has 1 aliphatic heterocycles. The van der Waals surface area contributed by atoms with E-state index in [1.165, 1.54) is 47.8 Å². The maximum Gasteiger partial charge on any atom is 0.0180 e. The van der Waals surface area contributed by atoms with Crippen molar-refractivity contribution in [3.05, 3.63) is 33.8 Å². The molecule has 1 atom stereocenters. The number of hydrogen-bond donors (Lipinski definition) is 1. The van der Waals surface area contributed by atoms with Crippen LogP contribution in [-0.4, -0.2) is 12.6 Å². The zero-order valence-electron chi connectivity index (χ0n) is 9.22. The first kappa shape index (κ1) is 11.2. The van der Waals surface area contributed by atoms with E-state index in [4.69, 9.17) is 0 Å². The Labute approximate surface area is 100 Å². The Kier molecular flexibility index (Phi) is 3.81. The summed E-state index contributed by atoms with van der Waals surface area (Å²) in [4.78, 5) is 0. The molecule has 2 heteroatoms. The molecule has 1 unspecified atom stereocenters. The van der Waals surface area contributed by atoms with Gasteiger partial charge in [0.15, 0.2) is 0 Å². The number of hydrogen-bond acceptors (Lipinski definition) is 1. The molecule has 2 rings (SSSR count). The van der Waals surface area contributed by atoms with Gasteiger partial charge in [-0.2, -0.15) is 0 Å². The van der Waals surface area contributed by atoms with E-state index in [2.05, 4.69) is 46.4 Å². The molecule has 1 fully saturated rings. The normalized spacial score (nSPS) is 21.6. The van der Waals surface area contributed by atoms with Crippen LogP contribution in [-0.2, 0) is 6.42 Å².